The Balaban J connectivity index is 0.00000341. The molecule has 1 amide bonds. The molecule has 0 saturated heterocycles. The average Bonchev–Trinajstić information content (AvgIpc) is 3.24. The van der Waals surface area contributed by atoms with Gasteiger partial charge in [0.2, 0.25) is 0 Å². The molecule has 0 fully saturated rings. The first kappa shape index (κ1) is 25.1. The number of benzene rings is 1. The van der Waals surface area contributed by atoms with Gasteiger partial charge in [-0.2, -0.15) is 13.2 Å². The summed E-state index contributed by atoms with van der Waals surface area (Å²) in [5, 5.41) is 12.8. The van der Waals surface area contributed by atoms with Crippen LogP contribution in [0.3, 0.4) is 0 Å². The van der Waals surface area contributed by atoms with E-state index in [4.69, 9.17) is 0 Å². The number of aromatic nitrogens is 3. The summed E-state index contributed by atoms with van der Waals surface area (Å²) in [5.74, 6) is -0.556. The van der Waals surface area contributed by atoms with Crippen LogP contribution in [0.5, 0.6) is 0 Å². The van der Waals surface area contributed by atoms with Gasteiger partial charge in [-0.1, -0.05) is 23.7 Å². The molecule has 2 aromatic heterocycles. The number of hydrogen-bond donors (Lipinski definition) is 3. The topological polar surface area (TPSA) is 95.1 Å². The second kappa shape index (κ2) is 11.4. The second-order valence-electron chi connectivity index (χ2n) is 6.23. The van der Waals surface area contributed by atoms with Crippen molar-refractivity contribution in [1.82, 2.24) is 20.5 Å². The molecule has 31 heavy (non-hydrogen) atoms. The number of hydrogen-bond acceptors (Lipinski definition) is 5. The number of anilines is 1. The first-order chi connectivity index (χ1) is 14.3. The van der Waals surface area contributed by atoms with Crippen molar-refractivity contribution in [1.29, 1.82) is 0 Å². The third-order valence-corrected chi connectivity index (χ3v) is 4.02. The van der Waals surface area contributed by atoms with Crippen LogP contribution in [0, 0.1) is 6.20 Å². The number of halogens is 3. The molecule has 0 bridgehead atoms. The van der Waals surface area contributed by atoms with Crippen LogP contribution in [-0.2, 0) is 6.18 Å². The van der Waals surface area contributed by atoms with E-state index in [0.29, 0.717) is 11.0 Å². The van der Waals surface area contributed by atoms with Gasteiger partial charge in [-0.05, 0) is 36.8 Å². The maximum atomic E-state index is 12.6. The zero-order valence-corrected chi connectivity index (χ0v) is 19.9. The van der Waals surface area contributed by atoms with Gasteiger partial charge < -0.3 is 26.9 Å². The van der Waals surface area contributed by atoms with Gasteiger partial charge in [0, 0.05) is 17.9 Å². The molecule has 0 aliphatic heterocycles. The second-order valence-corrected chi connectivity index (χ2v) is 6.23. The molecule has 1 aromatic carbocycles. The van der Waals surface area contributed by atoms with Crippen LogP contribution in [0.1, 0.15) is 34.6 Å². The molecule has 156 valence electrons. The standard InChI is InChI=1S/C20H17F3N6O.K/c1-13(24-7-8-25-17-11-27-28-12-17)14-3-2-4-16(9-14)29-19(30)15-5-6-18(26-10-15)20(21,22)23;/h2-6,8-13,24,27H,1H3,(H,29,30);/q-2;+1. The third kappa shape index (κ3) is 7.47. The minimum atomic E-state index is -4.55. The summed E-state index contributed by atoms with van der Waals surface area (Å²) in [6, 6.07) is 8.78. The van der Waals surface area contributed by atoms with Crippen molar-refractivity contribution in [2.24, 2.45) is 4.99 Å². The summed E-state index contributed by atoms with van der Waals surface area (Å²) in [5.41, 5.74) is 0.335. The van der Waals surface area contributed by atoms with Gasteiger partial charge in [-0.3, -0.25) is 14.9 Å². The van der Waals surface area contributed by atoms with Crippen LogP contribution in [0.4, 0.5) is 18.9 Å². The third-order valence-electron chi connectivity index (χ3n) is 4.02. The Kier molecular flexibility index (Phi) is 9.26. The van der Waals surface area contributed by atoms with E-state index in [1.807, 2.05) is 13.0 Å². The molecular formula is C20H17F3KN6O-. The summed E-state index contributed by atoms with van der Waals surface area (Å²) < 4.78 is 37.8. The fraction of sp³-hybridized carbons (Fsp3) is 0.150. The van der Waals surface area contributed by atoms with Gasteiger partial charge in [-0.15, -0.1) is 12.4 Å². The molecule has 3 aromatic rings. The van der Waals surface area contributed by atoms with Gasteiger partial charge in [0.15, 0.2) is 0 Å². The summed E-state index contributed by atoms with van der Waals surface area (Å²) in [7, 11) is 0. The predicted octanol–water partition coefficient (Wildman–Crippen LogP) is 0.325. The smallest absolute Gasteiger partial charge is 0.560 e. The molecule has 11 heteroatoms. The molecule has 2 heterocycles. The van der Waals surface area contributed by atoms with Crippen LogP contribution in [0.15, 0.2) is 66.2 Å². The Labute approximate surface area is 218 Å². The van der Waals surface area contributed by atoms with Crippen LogP contribution >= 0.6 is 0 Å². The number of nitrogens with zero attached hydrogens (tertiary/aromatic N) is 3. The van der Waals surface area contributed by atoms with Gasteiger partial charge >= 0.3 is 57.6 Å². The van der Waals surface area contributed by atoms with Gasteiger partial charge in [0.25, 0.3) is 5.91 Å². The first-order valence-electron chi connectivity index (χ1n) is 8.80. The Bertz CT molecular complexity index is 1070. The molecule has 1 unspecified atom stereocenters. The van der Waals surface area contributed by atoms with E-state index in [9.17, 15) is 18.0 Å². The number of alkyl halides is 3. The van der Waals surface area contributed by atoms with Crippen LogP contribution in [0.25, 0.3) is 0 Å². The fourth-order valence-electron chi connectivity index (χ4n) is 2.45. The summed E-state index contributed by atoms with van der Waals surface area (Å²) >= 11 is 0. The Morgan fingerprint density at radius 3 is 2.74 bits per heavy atom. The Morgan fingerprint density at radius 2 is 2.10 bits per heavy atom. The minimum Gasteiger partial charge on any atom is -0.560 e. The first-order valence-corrected chi connectivity index (χ1v) is 8.80. The SMILES string of the molecule is CC(N[C-]=CN=c1cn[nH][cH-]1)c1cccc(NC(=O)c2ccc(C(F)(F)F)nc2)c1.[K+]. The molecule has 3 rings (SSSR count). The van der Waals surface area contributed by atoms with Gasteiger partial charge in [0.05, 0.1) is 5.56 Å². The average molecular weight is 453 g/mol. The zero-order valence-electron chi connectivity index (χ0n) is 16.7. The Hall–Kier alpha value is -2.18. The van der Waals surface area contributed by atoms with E-state index >= 15 is 0 Å². The largest absolute Gasteiger partial charge is 1.00 e. The summed E-state index contributed by atoms with van der Waals surface area (Å²) in [6.45, 7) is 1.90. The van der Waals surface area contributed by atoms with Crippen molar-refractivity contribution in [3.63, 3.8) is 0 Å². The molecular weight excluding hydrogens is 436 g/mol. The van der Waals surface area contributed by atoms with E-state index < -0.39 is 17.8 Å². The van der Waals surface area contributed by atoms with Crippen molar-refractivity contribution >= 4 is 11.6 Å². The van der Waals surface area contributed by atoms with Crippen molar-refractivity contribution in [2.45, 2.75) is 19.1 Å². The predicted molar refractivity (Wildman–Crippen MR) is 103 cm³/mol. The minimum absolute atomic E-state index is 0. The fourth-order valence-corrected chi connectivity index (χ4v) is 2.45. The van der Waals surface area contributed by atoms with Gasteiger partial charge in [-0.25, -0.2) is 0 Å². The number of H-pyrrole nitrogens is 1. The van der Waals surface area contributed by atoms with Crippen LogP contribution in [-0.4, -0.2) is 21.1 Å². The van der Waals surface area contributed by atoms with Gasteiger partial charge in [0.1, 0.15) is 5.69 Å². The van der Waals surface area contributed by atoms with Crippen molar-refractivity contribution in [2.75, 3.05) is 5.32 Å². The quantitative estimate of drug-likeness (QED) is 0.285. The van der Waals surface area contributed by atoms with E-state index in [0.717, 1.165) is 23.9 Å². The molecule has 0 spiro atoms. The maximum absolute atomic E-state index is 12.6. The Morgan fingerprint density at radius 1 is 1.29 bits per heavy atom. The molecule has 1 atom stereocenters. The van der Waals surface area contributed by atoms with Crippen molar-refractivity contribution < 1.29 is 69.4 Å². The molecule has 7 nitrogen and oxygen atoms in total. The molecule has 0 radical (unpaired) electrons. The number of nitrogens with one attached hydrogen (secondary N) is 3. The number of carbonyl (C=O) groups is 1. The van der Waals surface area contributed by atoms with Crippen LogP contribution < -0.4 is 67.4 Å². The van der Waals surface area contributed by atoms with Crippen LogP contribution in [0.2, 0.25) is 0 Å². The number of amides is 1. The number of rotatable bonds is 6. The van der Waals surface area contributed by atoms with E-state index in [1.165, 1.54) is 6.20 Å². The summed E-state index contributed by atoms with van der Waals surface area (Å²) in [4.78, 5) is 19.7. The summed E-state index contributed by atoms with van der Waals surface area (Å²) in [6.07, 6.45) is 3.89. The monoisotopic (exact) mass is 453 g/mol. The van der Waals surface area contributed by atoms with Crippen molar-refractivity contribution in [3.8, 4) is 0 Å². The zero-order chi connectivity index (χ0) is 21.6. The number of aromatic amines is 1. The van der Waals surface area contributed by atoms with E-state index in [1.54, 1.807) is 30.6 Å². The molecule has 0 saturated carbocycles. The molecule has 3 N–H and O–H groups in total. The van der Waals surface area contributed by atoms with Crippen molar-refractivity contribution in [3.05, 3.63) is 89.6 Å². The number of carbonyl (C=O) groups excluding carboxylic acids is 1. The molecule has 0 aliphatic carbocycles. The normalized spacial score (nSPS) is 13.0. The number of pyridine rings is 1. The molecule has 0 aliphatic rings. The van der Waals surface area contributed by atoms with E-state index in [2.05, 4.69) is 37.0 Å². The van der Waals surface area contributed by atoms with E-state index in [-0.39, 0.29) is 63.0 Å². The maximum Gasteiger partial charge on any atom is 1.00 e.